The van der Waals surface area contributed by atoms with E-state index >= 15 is 0 Å². The van der Waals surface area contributed by atoms with Crippen LogP contribution in [0.15, 0.2) is 60.7 Å². The second kappa shape index (κ2) is 12.3. The molecule has 4 bridgehead atoms. The average Bonchev–Trinajstić information content (AvgIpc) is 2.85. The van der Waals surface area contributed by atoms with Crippen LogP contribution in [0.2, 0.25) is 0 Å². The summed E-state index contributed by atoms with van der Waals surface area (Å²) in [6, 6.07) is 19.7. The zero-order valence-corrected chi connectivity index (χ0v) is 21.4. The van der Waals surface area contributed by atoms with Crippen molar-refractivity contribution in [2.24, 2.45) is 0 Å². The third kappa shape index (κ3) is 6.88. The standard InChI is InChI=1S/C26H26Br2O5/c27-15-19-11-21-17-32-25-5-1-3-23(13-25)30-9-7-29-8-10-31-24-4-2-6-26(14-24)33-18-22(21)12-20(19)16-28/h1-6,11-14H,7-10,15-18H2. The molecule has 0 saturated carbocycles. The predicted molar refractivity (Wildman–Crippen MR) is 135 cm³/mol. The van der Waals surface area contributed by atoms with Gasteiger partial charge >= 0.3 is 0 Å². The van der Waals surface area contributed by atoms with Crippen molar-refractivity contribution < 1.29 is 23.7 Å². The lowest BCUT2D eigenvalue weighted by atomic mass is 10.0. The van der Waals surface area contributed by atoms with Crippen LogP contribution in [-0.2, 0) is 28.6 Å². The Kier molecular flexibility index (Phi) is 8.92. The first kappa shape index (κ1) is 23.9. The molecule has 0 radical (unpaired) electrons. The Labute approximate surface area is 211 Å². The van der Waals surface area contributed by atoms with E-state index in [0.29, 0.717) is 39.6 Å². The molecule has 174 valence electrons. The van der Waals surface area contributed by atoms with Crippen molar-refractivity contribution >= 4 is 31.9 Å². The first-order valence-corrected chi connectivity index (χ1v) is 13.0. The van der Waals surface area contributed by atoms with Gasteiger partial charge < -0.3 is 23.7 Å². The molecule has 0 saturated heterocycles. The van der Waals surface area contributed by atoms with Crippen LogP contribution >= 0.6 is 31.9 Å². The molecule has 3 aromatic carbocycles. The van der Waals surface area contributed by atoms with Crippen molar-refractivity contribution in [1.29, 1.82) is 0 Å². The van der Waals surface area contributed by atoms with Gasteiger partial charge in [-0.3, -0.25) is 0 Å². The third-order valence-corrected chi connectivity index (χ3v) is 6.41. The maximum absolute atomic E-state index is 6.14. The van der Waals surface area contributed by atoms with E-state index in [1.54, 1.807) is 0 Å². The van der Waals surface area contributed by atoms with Crippen molar-refractivity contribution in [3.63, 3.8) is 0 Å². The molecule has 4 rings (SSSR count). The molecule has 0 fully saturated rings. The van der Waals surface area contributed by atoms with Crippen molar-refractivity contribution in [2.75, 3.05) is 26.4 Å². The van der Waals surface area contributed by atoms with Gasteiger partial charge in [0.25, 0.3) is 0 Å². The summed E-state index contributed by atoms with van der Waals surface area (Å²) >= 11 is 7.21. The summed E-state index contributed by atoms with van der Waals surface area (Å²) in [5, 5.41) is 1.54. The number of rotatable bonds is 2. The van der Waals surface area contributed by atoms with Crippen molar-refractivity contribution in [1.82, 2.24) is 0 Å². The van der Waals surface area contributed by atoms with Crippen LogP contribution in [0.5, 0.6) is 23.0 Å². The molecule has 1 aliphatic heterocycles. The van der Waals surface area contributed by atoms with Gasteiger partial charge in [0, 0.05) is 22.8 Å². The topological polar surface area (TPSA) is 46.2 Å². The summed E-state index contributed by atoms with van der Waals surface area (Å²) in [6.07, 6.45) is 0. The van der Waals surface area contributed by atoms with Gasteiger partial charge in [0.05, 0.1) is 13.2 Å². The Hall–Kier alpha value is -2.22. The maximum atomic E-state index is 6.14. The van der Waals surface area contributed by atoms with Crippen LogP contribution in [0.1, 0.15) is 22.3 Å². The van der Waals surface area contributed by atoms with Crippen molar-refractivity contribution in [3.05, 3.63) is 82.9 Å². The second-order valence-electron chi connectivity index (χ2n) is 7.49. The molecule has 0 unspecified atom stereocenters. The van der Waals surface area contributed by atoms with Gasteiger partial charge in [-0.1, -0.05) is 56.1 Å². The largest absolute Gasteiger partial charge is 0.491 e. The van der Waals surface area contributed by atoms with Gasteiger partial charge in [0.15, 0.2) is 0 Å². The number of fused-ring (bicyclic) bond motifs is 5. The molecule has 0 spiro atoms. The number of alkyl halides is 2. The Morgan fingerprint density at radius 2 is 0.970 bits per heavy atom. The Morgan fingerprint density at radius 1 is 0.545 bits per heavy atom. The smallest absolute Gasteiger partial charge is 0.123 e. The van der Waals surface area contributed by atoms with E-state index in [0.717, 1.165) is 44.8 Å². The molecular formula is C26H26Br2O5. The van der Waals surface area contributed by atoms with E-state index < -0.39 is 0 Å². The SMILES string of the molecule is BrCc1cc2c(cc1CBr)COc1cccc(c1)OCCOCCOc1cccc(c1)OC2. The van der Waals surface area contributed by atoms with E-state index in [1.165, 1.54) is 11.1 Å². The summed E-state index contributed by atoms with van der Waals surface area (Å²) in [6.45, 7) is 2.74. The lowest BCUT2D eigenvalue weighted by Crippen LogP contribution is -2.12. The minimum absolute atomic E-state index is 0.428. The molecule has 0 N–H and O–H groups in total. The molecule has 0 aliphatic carbocycles. The van der Waals surface area contributed by atoms with E-state index in [9.17, 15) is 0 Å². The lowest BCUT2D eigenvalue weighted by Gasteiger charge is -2.17. The fourth-order valence-electron chi connectivity index (χ4n) is 3.48. The summed E-state index contributed by atoms with van der Waals surface area (Å²) in [4.78, 5) is 0. The number of benzene rings is 3. The number of hydrogen-bond donors (Lipinski definition) is 0. The zero-order valence-electron chi connectivity index (χ0n) is 18.2. The molecule has 33 heavy (non-hydrogen) atoms. The minimum atomic E-state index is 0.428. The average molecular weight is 578 g/mol. The zero-order chi connectivity index (χ0) is 22.9. The molecule has 0 amide bonds. The summed E-state index contributed by atoms with van der Waals surface area (Å²) < 4.78 is 29.5. The quantitative estimate of drug-likeness (QED) is 0.329. The van der Waals surface area contributed by atoms with Gasteiger partial charge in [-0.15, -0.1) is 0 Å². The number of hydrogen-bond acceptors (Lipinski definition) is 5. The van der Waals surface area contributed by atoms with E-state index in [1.807, 2.05) is 48.5 Å². The highest BCUT2D eigenvalue weighted by Gasteiger charge is 2.12. The Balaban J connectivity index is 1.62. The Morgan fingerprint density at radius 3 is 1.39 bits per heavy atom. The van der Waals surface area contributed by atoms with Crippen molar-refractivity contribution in [2.45, 2.75) is 23.9 Å². The predicted octanol–water partition coefficient (Wildman–Crippen LogP) is 6.42. The highest BCUT2D eigenvalue weighted by atomic mass is 79.9. The molecule has 7 heteroatoms. The summed E-state index contributed by atoms with van der Waals surface area (Å²) in [5.74, 6) is 3.01. The summed E-state index contributed by atoms with van der Waals surface area (Å²) in [7, 11) is 0. The van der Waals surface area contributed by atoms with Crippen LogP contribution in [0, 0.1) is 0 Å². The first-order valence-electron chi connectivity index (χ1n) is 10.8. The van der Waals surface area contributed by atoms with Gasteiger partial charge in [-0.05, 0) is 46.5 Å². The highest BCUT2D eigenvalue weighted by Crippen LogP contribution is 2.27. The molecular weight excluding hydrogens is 552 g/mol. The number of ether oxygens (including phenoxy) is 5. The van der Waals surface area contributed by atoms with E-state index in [2.05, 4.69) is 44.0 Å². The summed E-state index contributed by atoms with van der Waals surface area (Å²) in [5.41, 5.74) is 4.61. The Bertz CT molecular complexity index is 974. The van der Waals surface area contributed by atoms with E-state index in [4.69, 9.17) is 23.7 Å². The van der Waals surface area contributed by atoms with Crippen LogP contribution in [-0.4, -0.2) is 26.4 Å². The molecule has 0 atom stereocenters. The highest BCUT2D eigenvalue weighted by molar-refractivity contribution is 9.09. The third-order valence-electron chi connectivity index (χ3n) is 5.20. The van der Waals surface area contributed by atoms with Crippen LogP contribution < -0.4 is 18.9 Å². The fraction of sp³-hybridized carbons (Fsp3) is 0.308. The molecule has 5 nitrogen and oxygen atoms in total. The normalized spacial score (nSPS) is 14.7. The number of halogens is 2. The van der Waals surface area contributed by atoms with Gasteiger partial charge in [0.2, 0.25) is 0 Å². The van der Waals surface area contributed by atoms with Crippen LogP contribution in [0.3, 0.4) is 0 Å². The molecule has 1 heterocycles. The molecule has 3 aromatic rings. The van der Waals surface area contributed by atoms with Crippen LogP contribution in [0.25, 0.3) is 0 Å². The molecule has 0 aromatic heterocycles. The second-order valence-corrected chi connectivity index (χ2v) is 8.61. The van der Waals surface area contributed by atoms with Crippen LogP contribution in [0.4, 0.5) is 0 Å². The van der Waals surface area contributed by atoms with Gasteiger partial charge in [-0.2, -0.15) is 0 Å². The lowest BCUT2D eigenvalue weighted by molar-refractivity contribution is 0.0763. The minimum Gasteiger partial charge on any atom is -0.491 e. The maximum Gasteiger partial charge on any atom is 0.123 e. The van der Waals surface area contributed by atoms with Gasteiger partial charge in [0.1, 0.15) is 49.4 Å². The van der Waals surface area contributed by atoms with Gasteiger partial charge in [-0.25, -0.2) is 0 Å². The first-order chi connectivity index (χ1) is 16.2. The molecule has 1 aliphatic rings. The monoisotopic (exact) mass is 576 g/mol. The van der Waals surface area contributed by atoms with E-state index in [-0.39, 0.29) is 0 Å². The fourth-order valence-corrected chi connectivity index (χ4v) is 4.52. The van der Waals surface area contributed by atoms with Crippen molar-refractivity contribution in [3.8, 4) is 23.0 Å².